The van der Waals surface area contributed by atoms with Crippen LogP contribution in [0.2, 0.25) is 0 Å². The van der Waals surface area contributed by atoms with E-state index in [4.69, 9.17) is 5.73 Å². The van der Waals surface area contributed by atoms with Crippen molar-refractivity contribution in [2.24, 2.45) is 0 Å². The average molecular weight is 299 g/mol. The number of thiophene rings is 1. The zero-order chi connectivity index (χ0) is 15.0. The van der Waals surface area contributed by atoms with Gasteiger partial charge < -0.3 is 16.2 Å². The fraction of sp³-hybridized carbons (Fsp3) is 0.0667. The zero-order valence-corrected chi connectivity index (χ0v) is 12.1. The van der Waals surface area contributed by atoms with Crippen LogP contribution in [0, 0.1) is 6.92 Å². The minimum atomic E-state index is -0.351. The number of aromatic hydroxyl groups is 1. The third-order valence-electron chi connectivity index (χ3n) is 3.11. The fourth-order valence-corrected chi connectivity index (χ4v) is 3.01. The summed E-state index contributed by atoms with van der Waals surface area (Å²) in [5.41, 5.74) is 7.72. The molecule has 0 unspecified atom stereocenters. The Balaban J connectivity index is 1.97. The van der Waals surface area contributed by atoms with Crippen molar-refractivity contribution in [3.05, 3.63) is 47.0 Å². The quantitative estimate of drug-likeness (QED) is 0.634. The first kappa shape index (κ1) is 13.4. The lowest BCUT2D eigenvalue weighted by Gasteiger charge is -2.07. The molecule has 4 N–H and O–H groups in total. The number of nitrogens with one attached hydrogen (secondary N) is 1. The van der Waals surface area contributed by atoms with Gasteiger partial charge in [-0.1, -0.05) is 6.07 Å². The van der Waals surface area contributed by atoms with Crippen LogP contribution >= 0.6 is 11.3 Å². The van der Waals surface area contributed by atoms with Crippen LogP contribution in [0.3, 0.4) is 0 Å². The van der Waals surface area contributed by atoms with Crippen LogP contribution < -0.4 is 11.1 Å². The van der Waals surface area contributed by atoms with E-state index in [1.54, 1.807) is 30.5 Å². The van der Waals surface area contributed by atoms with Crippen molar-refractivity contribution in [3.8, 4) is 5.75 Å². The van der Waals surface area contributed by atoms with Gasteiger partial charge in [-0.3, -0.25) is 4.79 Å². The number of phenols is 1. The predicted octanol–water partition coefficient (Wildman–Crippen LogP) is 3.14. The molecule has 3 rings (SSSR count). The van der Waals surface area contributed by atoms with Crippen LogP contribution in [-0.2, 0) is 0 Å². The molecule has 2 aromatic heterocycles. The molecule has 2 heterocycles. The molecule has 0 spiro atoms. The van der Waals surface area contributed by atoms with Crippen LogP contribution in [0.1, 0.15) is 15.2 Å². The van der Waals surface area contributed by atoms with E-state index in [0.717, 1.165) is 10.9 Å². The highest BCUT2D eigenvalue weighted by atomic mass is 32.1. The third kappa shape index (κ3) is 2.41. The molecule has 0 aliphatic rings. The van der Waals surface area contributed by atoms with E-state index in [1.807, 2.05) is 13.0 Å². The van der Waals surface area contributed by atoms with E-state index in [-0.39, 0.29) is 11.7 Å². The average Bonchev–Trinajstić information content (AvgIpc) is 2.81. The van der Waals surface area contributed by atoms with E-state index in [1.165, 1.54) is 11.3 Å². The lowest BCUT2D eigenvalue weighted by Crippen LogP contribution is -2.12. The van der Waals surface area contributed by atoms with Crippen LogP contribution in [0.4, 0.5) is 11.4 Å². The molecule has 0 radical (unpaired) electrons. The molecule has 1 amide bonds. The van der Waals surface area contributed by atoms with Gasteiger partial charge in [0, 0.05) is 11.6 Å². The monoisotopic (exact) mass is 299 g/mol. The van der Waals surface area contributed by atoms with Crippen LogP contribution in [0.15, 0.2) is 36.5 Å². The standard InChI is InChI=1S/C15H13N3O2S/c1-8-4-5-11(19)10(7-8)18-14(20)13-12(16)9-3-2-6-17-15(9)21-13/h2-7,19H,16H2,1H3,(H,18,20). The van der Waals surface area contributed by atoms with Crippen LogP contribution in [0.25, 0.3) is 10.2 Å². The summed E-state index contributed by atoms with van der Waals surface area (Å²) in [7, 11) is 0. The molecule has 0 saturated carbocycles. The van der Waals surface area contributed by atoms with Gasteiger partial charge in [0.2, 0.25) is 0 Å². The van der Waals surface area contributed by atoms with Crippen molar-refractivity contribution in [3.63, 3.8) is 0 Å². The second-order valence-electron chi connectivity index (χ2n) is 4.68. The molecule has 1 aromatic carbocycles. The predicted molar refractivity (Wildman–Crippen MR) is 84.8 cm³/mol. The maximum absolute atomic E-state index is 12.3. The highest BCUT2D eigenvalue weighted by Gasteiger charge is 2.18. The highest BCUT2D eigenvalue weighted by Crippen LogP contribution is 2.33. The van der Waals surface area contributed by atoms with Crippen LogP contribution in [-0.4, -0.2) is 16.0 Å². The summed E-state index contributed by atoms with van der Waals surface area (Å²) in [5.74, 6) is -0.330. The molecule has 0 aliphatic heterocycles. The van der Waals surface area contributed by atoms with Gasteiger partial charge in [0.1, 0.15) is 15.5 Å². The molecule has 3 aromatic rings. The SMILES string of the molecule is Cc1ccc(O)c(NC(=O)c2sc3ncccc3c2N)c1. The number of benzene rings is 1. The lowest BCUT2D eigenvalue weighted by molar-refractivity contribution is 0.103. The zero-order valence-electron chi connectivity index (χ0n) is 11.3. The molecule has 5 nitrogen and oxygen atoms in total. The molecule has 106 valence electrons. The Morgan fingerprint density at radius 2 is 2.19 bits per heavy atom. The molecule has 0 saturated heterocycles. The number of anilines is 2. The summed E-state index contributed by atoms with van der Waals surface area (Å²) in [6, 6.07) is 8.62. The number of aryl methyl sites for hydroxylation is 1. The van der Waals surface area contributed by atoms with Gasteiger partial charge in [0.15, 0.2) is 0 Å². The van der Waals surface area contributed by atoms with Gasteiger partial charge in [-0.05, 0) is 36.8 Å². The molecular weight excluding hydrogens is 286 g/mol. The van der Waals surface area contributed by atoms with E-state index >= 15 is 0 Å². The third-order valence-corrected chi connectivity index (χ3v) is 4.24. The molecular formula is C15H13N3O2S. The van der Waals surface area contributed by atoms with Gasteiger partial charge in [0.05, 0.1) is 11.4 Å². The number of phenolic OH excluding ortho intramolecular Hbond substituents is 1. The molecule has 0 atom stereocenters. The highest BCUT2D eigenvalue weighted by molar-refractivity contribution is 7.21. The van der Waals surface area contributed by atoms with Crippen molar-refractivity contribution >= 4 is 38.8 Å². The summed E-state index contributed by atoms with van der Waals surface area (Å²) in [6.07, 6.45) is 1.66. The summed E-state index contributed by atoms with van der Waals surface area (Å²) in [6.45, 7) is 1.88. The Bertz CT molecular complexity index is 842. The number of hydrogen-bond donors (Lipinski definition) is 3. The summed E-state index contributed by atoms with van der Waals surface area (Å²) in [4.78, 5) is 17.7. The number of amides is 1. The number of aromatic nitrogens is 1. The van der Waals surface area contributed by atoms with Crippen molar-refractivity contribution in [2.75, 3.05) is 11.1 Å². The molecule has 0 bridgehead atoms. The van der Waals surface area contributed by atoms with Gasteiger partial charge in [0.25, 0.3) is 5.91 Å². The van der Waals surface area contributed by atoms with Crippen LogP contribution in [0.5, 0.6) is 5.75 Å². The Morgan fingerprint density at radius 1 is 1.38 bits per heavy atom. The van der Waals surface area contributed by atoms with Gasteiger partial charge in [-0.15, -0.1) is 11.3 Å². The van der Waals surface area contributed by atoms with Crippen molar-refractivity contribution in [1.82, 2.24) is 4.98 Å². The number of rotatable bonds is 2. The normalized spacial score (nSPS) is 10.7. The second-order valence-corrected chi connectivity index (χ2v) is 5.67. The van der Waals surface area contributed by atoms with Gasteiger partial charge in [-0.25, -0.2) is 4.98 Å². The maximum Gasteiger partial charge on any atom is 0.268 e. The van der Waals surface area contributed by atoms with Crippen molar-refractivity contribution < 1.29 is 9.90 Å². The largest absolute Gasteiger partial charge is 0.506 e. The first-order valence-electron chi connectivity index (χ1n) is 6.30. The number of fused-ring (bicyclic) bond motifs is 1. The summed E-state index contributed by atoms with van der Waals surface area (Å²) < 4.78 is 0. The van der Waals surface area contributed by atoms with E-state index < -0.39 is 0 Å². The van der Waals surface area contributed by atoms with E-state index in [0.29, 0.717) is 21.1 Å². The number of nitrogens with two attached hydrogens (primary N) is 1. The van der Waals surface area contributed by atoms with Gasteiger partial charge in [-0.2, -0.15) is 0 Å². The van der Waals surface area contributed by atoms with E-state index in [9.17, 15) is 9.90 Å². The number of carbonyl (C=O) groups excluding carboxylic acids is 1. The van der Waals surface area contributed by atoms with E-state index in [2.05, 4.69) is 10.3 Å². The van der Waals surface area contributed by atoms with Crippen molar-refractivity contribution in [1.29, 1.82) is 0 Å². The van der Waals surface area contributed by atoms with Gasteiger partial charge >= 0.3 is 0 Å². The molecule has 0 fully saturated rings. The number of nitrogens with zero attached hydrogens (tertiary/aromatic N) is 1. The Kier molecular flexibility index (Phi) is 3.23. The van der Waals surface area contributed by atoms with Crippen molar-refractivity contribution in [2.45, 2.75) is 6.92 Å². The number of hydrogen-bond acceptors (Lipinski definition) is 5. The molecule has 0 aliphatic carbocycles. The maximum atomic E-state index is 12.3. The smallest absolute Gasteiger partial charge is 0.268 e. The minimum absolute atomic E-state index is 0.0201. The number of carbonyl (C=O) groups is 1. The fourth-order valence-electron chi connectivity index (χ4n) is 2.05. The minimum Gasteiger partial charge on any atom is -0.506 e. The Hall–Kier alpha value is -2.60. The lowest BCUT2D eigenvalue weighted by atomic mass is 10.2. The number of nitrogen functional groups attached to an aromatic ring is 1. The first-order valence-corrected chi connectivity index (χ1v) is 7.12. The Morgan fingerprint density at radius 3 is 2.95 bits per heavy atom. The Labute approximate surface area is 125 Å². The topological polar surface area (TPSA) is 88.2 Å². The summed E-state index contributed by atoms with van der Waals surface area (Å²) >= 11 is 1.23. The summed E-state index contributed by atoms with van der Waals surface area (Å²) in [5, 5.41) is 13.2. The number of pyridine rings is 1. The second kappa shape index (κ2) is 5.06. The molecule has 6 heteroatoms. The first-order chi connectivity index (χ1) is 10.1. The molecule has 21 heavy (non-hydrogen) atoms.